The molecule has 3 N–H and O–H groups in total. The fraction of sp³-hybridized carbons (Fsp3) is 0.100. The molecule has 2 aromatic rings. The lowest BCUT2D eigenvalue weighted by molar-refractivity contribution is -0.141. The minimum Gasteiger partial charge on any atom is -0.289 e. The summed E-state index contributed by atoms with van der Waals surface area (Å²) < 4.78 is 39.4. The molecule has 0 fully saturated rings. The molecule has 0 aromatic carbocycles. The molecule has 10 heteroatoms. The highest BCUT2D eigenvalue weighted by Crippen LogP contribution is 2.29. The molecular weight excluding hydrogens is 343 g/mol. The summed E-state index contributed by atoms with van der Waals surface area (Å²) in [4.78, 5) is 15.4. The molecule has 6 nitrogen and oxygen atoms in total. The molecular formula is C10H7BrF3N5O. The summed E-state index contributed by atoms with van der Waals surface area (Å²) in [7, 11) is 0. The van der Waals surface area contributed by atoms with Gasteiger partial charge in [-0.15, -0.1) is 0 Å². The van der Waals surface area contributed by atoms with Crippen LogP contribution in [0.2, 0.25) is 0 Å². The Hall–Kier alpha value is -1.94. The number of carbonyl (C=O) groups is 1. The molecule has 106 valence electrons. The number of nitrogens with two attached hydrogens (primary N) is 1. The molecule has 0 atom stereocenters. The average Bonchev–Trinajstić information content (AvgIpc) is 2.83. The van der Waals surface area contributed by atoms with Gasteiger partial charge in [0.2, 0.25) is 0 Å². The Bertz CT molecular complexity index is 637. The van der Waals surface area contributed by atoms with Crippen LogP contribution in [0.1, 0.15) is 16.2 Å². The second-order valence-electron chi connectivity index (χ2n) is 3.63. The van der Waals surface area contributed by atoms with E-state index in [4.69, 9.17) is 5.84 Å². The Labute approximate surface area is 118 Å². The number of halogens is 4. The van der Waals surface area contributed by atoms with Crippen LogP contribution in [0.4, 0.5) is 13.2 Å². The first-order chi connectivity index (χ1) is 9.32. The van der Waals surface area contributed by atoms with Gasteiger partial charge in [0.25, 0.3) is 5.91 Å². The van der Waals surface area contributed by atoms with Crippen molar-refractivity contribution >= 4 is 21.8 Å². The summed E-state index contributed by atoms with van der Waals surface area (Å²) in [5.41, 5.74) is 0.190. The van der Waals surface area contributed by atoms with E-state index < -0.39 is 17.8 Å². The Morgan fingerprint density at radius 2 is 2.10 bits per heavy atom. The topological polar surface area (TPSA) is 85.8 Å². The Balaban J connectivity index is 2.58. The smallest absolute Gasteiger partial charge is 0.289 e. The first-order valence-corrected chi connectivity index (χ1v) is 5.92. The molecule has 0 aliphatic rings. The summed E-state index contributed by atoms with van der Waals surface area (Å²) in [5.74, 6) is 4.10. The van der Waals surface area contributed by atoms with Crippen molar-refractivity contribution in [3.8, 4) is 5.82 Å². The van der Waals surface area contributed by atoms with E-state index in [2.05, 4.69) is 26.0 Å². The van der Waals surface area contributed by atoms with E-state index in [0.29, 0.717) is 10.5 Å². The van der Waals surface area contributed by atoms with Crippen molar-refractivity contribution in [2.45, 2.75) is 6.18 Å². The van der Waals surface area contributed by atoms with Crippen molar-refractivity contribution in [2.24, 2.45) is 5.84 Å². The molecule has 0 spiro atoms. The van der Waals surface area contributed by atoms with Crippen LogP contribution in [0.15, 0.2) is 28.9 Å². The standard InChI is InChI=1S/C10H7BrF3N5O/c11-5-1-2-8(16-4-5)19-6(9(20)17-15)3-7(18-19)10(12,13)14/h1-4H,15H2,(H,17,20). The van der Waals surface area contributed by atoms with Crippen LogP contribution in [-0.2, 0) is 6.18 Å². The average molecular weight is 350 g/mol. The van der Waals surface area contributed by atoms with Crippen molar-refractivity contribution in [3.63, 3.8) is 0 Å². The molecule has 20 heavy (non-hydrogen) atoms. The lowest BCUT2D eigenvalue weighted by Crippen LogP contribution is -2.31. The zero-order valence-corrected chi connectivity index (χ0v) is 11.2. The molecule has 2 rings (SSSR count). The number of carbonyl (C=O) groups excluding carboxylic acids is 1. The van der Waals surface area contributed by atoms with Gasteiger partial charge in [-0.1, -0.05) is 0 Å². The summed E-state index contributed by atoms with van der Waals surface area (Å²) in [6, 6.07) is 3.57. The molecule has 1 amide bonds. The first kappa shape index (κ1) is 14.5. The van der Waals surface area contributed by atoms with E-state index in [-0.39, 0.29) is 11.5 Å². The zero-order chi connectivity index (χ0) is 14.9. The number of hydrogen-bond donors (Lipinski definition) is 2. The highest BCUT2D eigenvalue weighted by Gasteiger charge is 2.36. The van der Waals surface area contributed by atoms with Crippen LogP contribution in [0, 0.1) is 0 Å². The number of hydrogen-bond acceptors (Lipinski definition) is 4. The van der Waals surface area contributed by atoms with E-state index in [1.807, 2.05) is 0 Å². The lowest BCUT2D eigenvalue weighted by atomic mass is 10.3. The van der Waals surface area contributed by atoms with Gasteiger partial charge in [-0.3, -0.25) is 10.2 Å². The van der Waals surface area contributed by atoms with Crippen LogP contribution >= 0.6 is 15.9 Å². The number of rotatable bonds is 2. The molecule has 0 unspecified atom stereocenters. The molecule has 2 heterocycles. The Morgan fingerprint density at radius 1 is 1.40 bits per heavy atom. The fourth-order valence-corrected chi connectivity index (χ4v) is 1.66. The third-order valence-electron chi connectivity index (χ3n) is 2.29. The second-order valence-corrected chi connectivity index (χ2v) is 4.55. The van der Waals surface area contributed by atoms with Gasteiger partial charge >= 0.3 is 6.18 Å². The number of alkyl halides is 3. The number of amides is 1. The van der Waals surface area contributed by atoms with Crippen molar-refractivity contribution < 1.29 is 18.0 Å². The van der Waals surface area contributed by atoms with E-state index in [0.717, 1.165) is 4.68 Å². The predicted octanol–water partition coefficient (Wildman–Crippen LogP) is 1.65. The largest absolute Gasteiger partial charge is 0.435 e. The summed E-state index contributed by atoms with van der Waals surface area (Å²) >= 11 is 3.14. The van der Waals surface area contributed by atoms with Gasteiger partial charge in [0.15, 0.2) is 11.5 Å². The minimum atomic E-state index is -4.68. The SMILES string of the molecule is NNC(=O)c1cc(C(F)(F)F)nn1-c1ccc(Br)cn1. The van der Waals surface area contributed by atoms with Gasteiger partial charge in [-0.2, -0.15) is 18.3 Å². The van der Waals surface area contributed by atoms with Gasteiger partial charge in [0.1, 0.15) is 5.69 Å². The van der Waals surface area contributed by atoms with Gasteiger partial charge < -0.3 is 0 Å². The summed E-state index contributed by atoms with van der Waals surface area (Å²) in [5, 5.41) is 3.35. The van der Waals surface area contributed by atoms with Gasteiger partial charge in [0, 0.05) is 16.7 Å². The van der Waals surface area contributed by atoms with Crippen LogP contribution < -0.4 is 11.3 Å². The molecule has 0 aliphatic carbocycles. The lowest BCUT2D eigenvalue weighted by Gasteiger charge is -2.05. The fourth-order valence-electron chi connectivity index (χ4n) is 1.42. The number of nitrogen functional groups attached to an aromatic ring is 1. The van der Waals surface area contributed by atoms with Crippen molar-refractivity contribution in [1.82, 2.24) is 20.2 Å². The van der Waals surface area contributed by atoms with Gasteiger partial charge in [0.05, 0.1) is 0 Å². The monoisotopic (exact) mass is 349 g/mol. The number of nitrogens with zero attached hydrogens (tertiary/aromatic N) is 3. The van der Waals surface area contributed by atoms with Crippen LogP contribution in [0.3, 0.4) is 0 Å². The molecule has 0 bridgehead atoms. The first-order valence-electron chi connectivity index (χ1n) is 5.13. The third kappa shape index (κ3) is 2.80. The number of nitrogens with one attached hydrogen (secondary N) is 1. The highest BCUT2D eigenvalue weighted by atomic mass is 79.9. The normalized spacial score (nSPS) is 11.4. The van der Waals surface area contributed by atoms with Crippen molar-refractivity contribution in [1.29, 1.82) is 0 Å². The maximum atomic E-state index is 12.7. The zero-order valence-electron chi connectivity index (χ0n) is 9.65. The third-order valence-corrected chi connectivity index (χ3v) is 2.76. The minimum absolute atomic E-state index is 0.0577. The number of aromatic nitrogens is 3. The van der Waals surface area contributed by atoms with E-state index >= 15 is 0 Å². The number of hydrazine groups is 1. The van der Waals surface area contributed by atoms with Crippen LogP contribution in [-0.4, -0.2) is 20.7 Å². The van der Waals surface area contributed by atoms with E-state index in [1.165, 1.54) is 12.3 Å². The molecule has 0 radical (unpaired) electrons. The molecule has 2 aromatic heterocycles. The molecule has 0 aliphatic heterocycles. The van der Waals surface area contributed by atoms with Gasteiger partial charge in [-0.05, 0) is 28.1 Å². The Kier molecular flexibility index (Phi) is 3.77. The van der Waals surface area contributed by atoms with Crippen LogP contribution in [0.5, 0.6) is 0 Å². The van der Waals surface area contributed by atoms with E-state index in [9.17, 15) is 18.0 Å². The maximum absolute atomic E-state index is 12.7. The summed E-state index contributed by atoms with van der Waals surface area (Å²) in [6.07, 6.45) is -3.31. The molecule has 0 saturated carbocycles. The summed E-state index contributed by atoms with van der Waals surface area (Å²) in [6.45, 7) is 0. The second kappa shape index (κ2) is 5.21. The quantitative estimate of drug-likeness (QED) is 0.490. The predicted molar refractivity (Wildman–Crippen MR) is 65.7 cm³/mol. The van der Waals surface area contributed by atoms with Crippen LogP contribution in [0.25, 0.3) is 5.82 Å². The van der Waals surface area contributed by atoms with Gasteiger partial charge in [-0.25, -0.2) is 15.5 Å². The maximum Gasteiger partial charge on any atom is 0.435 e. The van der Waals surface area contributed by atoms with Crippen molar-refractivity contribution in [3.05, 3.63) is 40.3 Å². The molecule has 0 saturated heterocycles. The Morgan fingerprint density at radius 3 is 2.60 bits per heavy atom. The van der Waals surface area contributed by atoms with Crippen molar-refractivity contribution in [2.75, 3.05) is 0 Å². The van der Waals surface area contributed by atoms with E-state index in [1.54, 1.807) is 11.5 Å². The highest BCUT2D eigenvalue weighted by molar-refractivity contribution is 9.10. The number of pyridine rings is 1.